The normalized spacial score (nSPS) is 11.6. The van der Waals surface area contributed by atoms with Crippen LogP contribution in [0.3, 0.4) is 0 Å². The van der Waals surface area contributed by atoms with E-state index >= 15 is 0 Å². The van der Waals surface area contributed by atoms with Crippen LogP contribution < -0.4 is 5.32 Å². The Hall–Kier alpha value is -2.76. The van der Waals surface area contributed by atoms with Crippen molar-refractivity contribution in [3.63, 3.8) is 0 Å². The molecule has 4 nitrogen and oxygen atoms in total. The van der Waals surface area contributed by atoms with Crippen molar-refractivity contribution >= 4 is 11.9 Å². The first kappa shape index (κ1) is 16.6. The van der Waals surface area contributed by atoms with Crippen LogP contribution in [0.4, 0.5) is 8.78 Å². The second-order valence-electron chi connectivity index (χ2n) is 4.70. The van der Waals surface area contributed by atoms with E-state index in [9.17, 15) is 18.4 Å². The van der Waals surface area contributed by atoms with Gasteiger partial charge in [0.25, 0.3) is 5.91 Å². The molecule has 0 spiro atoms. The van der Waals surface area contributed by atoms with Gasteiger partial charge in [0.15, 0.2) is 17.7 Å². The number of hydrogen-bond acceptors (Lipinski definition) is 3. The largest absolute Gasteiger partial charge is 0.464 e. The molecular weight excluding hydrogens is 304 g/mol. The lowest BCUT2D eigenvalue weighted by Crippen LogP contribution is -2.35. The van der Waals surface area contributed by atoms with E-state index in [-0.39, 0.29) is 12.2 Å². The van der Waals surface area contributed by atoms with Crippen molar-refractivity contribution in [3.05, 3.63) is 71.3 Å². The number of halogens is 2. The zero-order valence-corrected chi connectivity index (χ0v) is 12.4. The van der Waals surface area contributed by atoms with E-state index in [0.717, 1.165) is 18.2 Å². The molecule has 1 atom stereocenters. The molecule has 0 radical (unpaired) electrons. The molecule has 0 bridgehead atoms. The summed E-state index contributed by atoms with van der Waals surface area (Å²) < 4.78 is 31.1. The molecule has 1 amide bonds. The summed E-state index contributed by atoms with van der Waals surface area (Å²) in [6.07, 6.45) is 0. The van der Waals surface area contributed by atoms with Gasteiger partial charge in [-0.1, -0.05) is 30.3 Å². The van der Waals surface area contributed by atoms with Crippen LogP contribution in [0.2, 0.25) is 0 Å². The number of benzene rings is 2. The third-order valence-corrected chi connectivity index (χ3v) is 3.11. The van der Waals surface area contributed by atoms with E-state index in [4.69, 9.17) is 4.74 Å². The summed E-state index contributed by atoms with van der Waals surface area (Å²) in [6, 6.07) is 10.3. The van der Waals surface area contributed by atoms with Crippen LogP contribution >= 0.6 is 0 Å². The molecule has 2 aromatic rings. The predicted octanol–water partition coefficient (Wildman–Crippen LogP) is 3.00. The van der Waals surface area contributed by atoms with E-state index in [2.05, 4.69) is 5.32 Å². The summed E-state index contributed by atoms with van der Waals surface area (Å²) >= 11 is 0. The Morgan fingerprint density at radius 1 is 1.09 bits per heavy atom. The van der Waals surface area contributed by atoms with Crippen LogP contribution in [0.25, 0.3) is 0 Å². The Morgan fingerprint density at radius 3 is 2.39 bits per heavy atom. The SMILES string of the molecule is CCOC(=O)C(NC(=O)c1ccc(F)c(F)c1)c1ccccc1. The summed E-state index contributed by atoms with van der Waals surface area (Å²) in [5, 5.41) is 2.48. The van der Waals surface area contributed by atoms with E-state index in [0.29, 0.717) is 5.56 Å². The molecule has 1 N–H and O–H groups in total. The Kier molecular flexibility index (Phi) is 5.41. The van der Waals surface area contributed by atoms with Crippen molar-refractivity contribution in [3.8, 4) is 0 Å². The minimum Gasteiger partial charge on any atom is -0.464 e. The van der Waals surface area contributed by atoms with Crippen LogP contribution in [0.1, 0.15) is 28.9 Å². The number of nitrogens with one attached hydrogen (secondary N) is 1. The summed E-state index contributed by atoms with van der Waals surface area (Å²) in [6.45, 7) is 1.81. The van der Waals surface area contributed by atoms with Gasteiger partial charge in [-0.25, -0.2) is 13.6 Å². The number of amides is 1. The maximum atomic E-state index is 13.2. The molecule has 1 unspecified atom stereocenters. The first-order chi connectivity index (χ1) is 11.0. The molecule has 23 heavy (non-hydrogen) atoms. The number of rotatable bonds is 5. The van der Waals surface area contributed by atoms with Gasteiger partial charge < -0.3 is 10.1 Å². The van der Waals surface area contributed by atoms with Crippen molar-refractivity contribution in [2.45, 2.75) is 13.0 Å². The van der Waals surface area contributed by atoms with Gasteiger partial charge in [0.1, 0.15) is 0 Å². The topological polar surface area (TPSA) is 55.4 Å². The minimum absolute atomic E-state index is 0.0888. The minimum atomic E-state index is -1.13. The van der Waals surface area contributed by atoms with Crippen LogP contribution in [0.15, 0.2) is 48.5 Å². The molecule has 0 heterocycles. The third kappa shape index (κ3) is 4.12. The van der Waals surface area contributed by atoms with Crippen molar-refractivity contribution in [2.75, 3.05) is 6.61 Å². The summed E-state index contributed by atoms with van der Waals surface area (Å²) in [4.78, 5) is 24.3. The van der Waals surface area contributed by atoms with Crippen LogP contribution in [0, 0.1) is 11.6 Å². The Morgan fingerprint density at radius 2 is 1.78 bits per heavy atom. The van der Waals surface area contributed by atoms with Crippen LogP contribution in [-0.2, 0) is 9.53 Å². The second-order valence-corrected chi connectivity index (χ2v) is 4.70. The Bertz CT molecular complexity index is 704. The highest BCUT2D eigenvalue weighted by Crippen LogP contribution is 2.16. The molecule has 0 aliphatic carbocycles. The quantitative estimate of drug-likeness (QED) is 0.862. The number of carbonyl (C=O) groups excluding carboxylic acids is 2. The summed E-state index contributed by atoms with van der Waals surface area (Å²) in [5.74, 6) is -3.52. The van der Waals surface area contributed by atoms with Crippen molar-refractivity contribution in [1.82, 2.24) is 5.32 Å². The molecule has 6 heteroatoms. The molecule has 0 saturated heterocycles. The van der Waals surface area contributed by atoms with Crippen molar-refractivity contribution < 1.29 is 23.1 Å². The average Bonchev–Trinajstić information content (AvgIpc) is 2.56. The number of ether oxygens (including phenoxy) is 1. The lowest BCUT2D eigenvalue weighted by atomic mass is 10.1. The van der Waals surface area contributed by atoms with E-state index in [1.807, 2.05) is 0 Å². The van der Waals surface area contributed by atoms with Gasteiger partial charge in [-0.05, 0) is 30.7 Å². The van der Waals surface area contributed by atoms with Crippen LogP contribution in [0.5, 0.6) is 0 Å². The smallest absolute Gasteiger partial charge is 0.333 e. The molecule has 120 valence electrons. The maximum absolute atomic E-state index is 13.2. The van der Waals surface area contributed by atoms with Gasteiger partial charge in [-0.2, -0.15) is 0 Å². The van der Waals surface area contributed by atoms with E-state index in [1.165, 1.54) is 0 Å². The van der Waals surface area contributed by atoms with Crippen LogP contribution in [-0.4, -0.2) is 18.5 Å². The highest BCUT2D eigenvalue weighted by molar-refractivity contribution is 5.97. The number of esters is 1. The number of hydrogen-bond donors (Lipinski definition) is 1. The van der Waals surface area contributed by atoms with Crippen molar-refractivity contribution in [1.29, 1.82) is 0 Å². The highest BCUT2D eigenvalue weighted by Gasteiger charge is 2.24. The standard InChI is InChI=1S/C17H15F2NO3/c1-2-23-17(22)15(11-6-4-3-5-7-11)20-16(21)12-8-9-13(18)14(19)10-12/h3-10,15H,2H2,1H3,(H,20,21). The predicted molar refractivity (Wildman–Crippen MR) is 79.6 cm³/mol. The molecule has 2 rings (SSSR count). The van der Waals surface area contributed by atoms with Gasteiger partial charge in [0, 0.05) is 5.56 Å². The summed E-state index contributed by atoms with van der Waals surface area (Å²) in [5.41, 5.74) is 0.441. The molecule has 0 fully saturated rings. The average molecular weight is 319 g/mol. The first-order valence-electron chi connectivity index (χ1n) is 7.00. The molecule has 0 aliphatic heterocycles. The zero-order valence-electron chi connectivity index (χ0n) is 12.4. The van der Waals surface area contributed by atoms with E-state index < -0.39 is 29.6 Å². The monoisotopic (exact) mass is 319 g/mol. The van der Waals surface area contributed by atoms with Gasteiger partial charge in [0.2, 0.25) is 0 Å². The summed E-state index contributed by atoms with van der Waals surface area (Å²) in [7, 11) is 0. The molecule has 0 saturated carbocycles. The molecule has 0 aromatic heterocycles. The maximum Gasteiger partial charge on any atom is 0.333 e. The molecular formula is C17H15F2NO3. The first-order valence-corrected chi connectivity index (χ1v) is 7.00. The van der Waals surface area contributed by atoms with Gasteiger partial charge in [-0.15, -0.1) is 0 Å². The fourth-order valence-electron chi connectivity index (χ4n) is 2.00. The van der Waals surface area contributed by atoms with Crippen molar-refractivity contribution in [2.24, 2.45) is 0 Å². The lowest BCUT2D eigenvalue weighted by molar-refractivity contribution is -0.145. The third-order valence-electron chi connectivity index (χ3n) is 3.11. The fraction of sp³-hybridized carbons (Fsp3) is 0.176. The Labute approximate surface area is 132 Å². The molecule has 2 aromatic carbocycles. The zero-order chi connectivity index (χ0) is 16.8. The van der Waals surface area contributed by atoms with Gasteiger partial charge in [0.05, 0.1) is 6.61 Å². The molecule has 0 aliphatic rings. The van der Waals surface area contributed by atoms with Gasteiger partial charge >= 0.3 is 5.97 Å². The van der Waals surface area contributed by atoms with Gasteiger partial charge in [-0.3, -0.25) is 4.79 Å². The second kappa shape index (κ2) is 7.49. The Balaban J connectivity index is 2.24. The fourth-order valence-corrected chi connectivity index (χ4v) is 2.00. The lowest BCUT2D eigenvalue weighted by Gasteiger charge is -2.17. The number of carbonyl (C=O) groups is 2. The van der Waals surface area contributed by atoms with E-state index in [1.54, 1.807) is 37.3 Å². The highest BCUT2D eigenvalue weighted by atomic mass is 19.2.